The number of aromatic nitrogens is 4. The van der Waals surface area contributed by atoms with Crippen LogP contribution in [0.2, 0.25) is 0 Å². The first-order valence-corrected chi connectivity index (χ1v) is 21.4. The average molecular weight is 755 g/mol. The second kappa shape index (κ2) is 10.0. The molecule has 0 saturated carbocycles. The third kappa shape index (κ3) is 3.67. The number of hydrogen-bond donors (Lipinski definition) is 2. The number of nitrogens with one attached hydrogen (secondary N) is 2. The fourth-order valence-electron chi connectivity index (χ4n) is 10.5. The maximum Gasteiger partial charge on any atom is 0.201 e. The highest BCUT2D eigenvalue weighted by atomic mass is 32.2. The van der Waals surface area contributed by atoms with Gasteiger partial charge in [0.15, 0.2) is 10.2 Å². The Morgan fingerprint density at radius 2 is 0.904 bits per heavy atom. The van der Waals surface area contributed by atoms with Crippen molar-refractivity contribution in [2.75, 3.05) is 0 Å². The zero-order valence-electron chi connectivity index (χ0n) is 27.2. The van der Waals surface area contributed by atoms with E-state index < -0.39 is 11.8 Å². The quantitative estimate of drug-likeness (QED) is 0.217. The van der Waals surface area contributed by atoms with Gasteiger partial charge in [-0.2, -0.15) is 0 Å². The predicted octanol–water partition coefficient (Wildman–Crippen LogP) is 8.18. The summed E-state index contributed by atoms with van der Waals surface area (Å²) in [4.78, 5) is 71.8. The molecule has 10 aliphatic heterocycles. The summed E-state index contributed by atoms with van der Waals surface area (Å²) in [5.41, 5.74) is 15.3. The highest BCUT2D eigenvalue weighted by Gasteiger charge is 2.47. The predicted molar refractivity (Wildman–Crippen MR) is 207 cm³/mol. The fourth-order valence-corrected chi connectivity index (χ4v) is 15.4. The van der Waals surface area contributed by atoms with Crippen LogP contribution < -0.4 is 0 Å². The molecule has 12 heteroatoms. The van der Waals surface area contributed by atoms with Gasteiger partial charge in [-0.1, -0.05) is 71.4 Å². The Bertz CT molecular complexity index is 2700. The number of thioether (sulfide) groups is 4. The minimum atomic E-state index is -0.397. The molecule has 4 aliphatic carbocycles. The SMILES string of the molecule is O=C1SC2C=CC1C1=C2c2cc3[nH]c(cc4[nH]c(cc5nc(cc1n2)C1=C5C2C=CC1SC2=O)c1c4C2CCC1SC2=O)c1c3C2CCC1SC2=O. The maximum absolute atomic E-state index is 13.4. The van der Waals surface area contributed by atoms with E-state index in [0.29, 0.717) is 0 Å². The van der Waals surface area contributed by atoms with Gasteiger partial charge in [0.05, 0.1) is 56.9 Å². The van der Waals surface area contributed by atoms with Gasteiger partial charge in [0.1, 0.15) is 0 Å². The second-order valence-electron chi connectivity index (χ2n) is 15.1. The van der Waals surface area contributed by atoms with Crippen LogP contribution >= 0.6 is 47.0 Å². The summed E-state index contributed by atoms with van der Waals surface area (Å²) in [6.45, 7) is 0. The van der Waals surface area contributed by atoms with Crippen molar-refractivity contribution in [3.05, 3.63) is 93.6 Å². The first-order valence-electron chi connectivity index (χ1n) is 17.9. The average Bonchev–Trinajstić information content (AvgIpc) is 3.90. The van der Waals surface area contributed by atoms with Crippen LogP contribution in [0.4, 0.5) is 0 Å². The van der Waals surface area contributed by atoms with E-state index >= 15 is 0 Å². The third-order valence-electron chi connectivity index (χ3n) is 12.6. The summed E-state index contributed by atoms with van der Waals surface area (Å²) in [6, 6.07) is 8.45. The summed E-state index contributed by atoms with van der Waals surface area (Å²) < 4.78 is 0. The molecule has 16 bridgehead atoms. The number of allylic oxidation sites excluding steroid dienone is 4. The molecule has 2 fully saturated rings. The van der Waals surface area contributed by atoms with Crippen LogP contribution in [0, 0.1) is 11.8 Å². The van der Waals surface area contributed by atoms with Gasteiger partial charge in [0, 0.05) is 43.7 Å². The number of carbonyl (C=O) groups is 4. The zero-order valence-corrected chi connectivity index (χ0v) is 30.5. The van der Waals surface area contributed by atoms with Crippen LogP contribution in [0.3, 0.4) is 0 Å². The molecule has 2 N–H and O–H groups in total. The van der Waals surface area contributed by atoms with E-state index in [4.69, 9.17) is 9.97 Å². The van der Waals surface area contributed by atoms with Crippen molar-refractivity contribution in [2.24, 2.45) is 11.8 Å². The molecule has 17 rings (SSSR count). The molecule has 13 heterocycles. The molecule has 8 unspecified atom stereocenters. The Morgan fingerprint density at radius 1 is 0.462 bits per heavy atom. The number of nitrogens with zero attached hydrogens (tertiary/aromatic N) is 2. The van der Waals surface area contributed by atoms with Crippen molar-refractivity contribution in [1.82, 2.24) is 19.9 Å². The molecule has 3 aromatic rings. The van der Waals surface area contributed by atoms with Gasteiger partial charge in [0.2, 0.25) is 10.2 Å². The van der Waals surface area contributed by atoms with Crippen molar-refractivity contribution < 1.29 is 19.2 Å². The number of carbonyl (C=O) groups excluding carboxylic acids is 4. The molecule has 0 aromatic carbocycles. The second-order valence-corrected chi connectivity index (χ2v) is 19.8. The zero-order chi connectivity index (χ0) is 34.3. The minimum absolute atomic E-state index is 0.0484. The molecule has 254 valence electrons. The smallest absolute Gasteiger partial charge is 0.201 e. The van der Waals surface area contributed by atoms with Gasteiger partial charge < -0.3 is 9.97 Å². The molecular formula is C40H26N4O4S4. The summed E-state index contributed by atoms with van der Waals surface area (Å²) in [5.74, 6) is -1.17. The van der Waals surface area contributed by atoms with Gasteiger partial charge >= 0.3 is 0 Å². The Kier molecular flexibility index (Phi) is 5.70. The molecule has 2 saturated heterocycles. The number of H-pyrrole nitrogens is 2. The molecule has 0 spiro atoms. The van der Waals surface area contributed by atoms with Crippen LogP contribution in [0.5, 0.6) is 0 Å². The molecule has 8 atom stereocenters. The molecule has 52 heavy (non-hydrogen) atoms. The minimum Gasteiger partial charge on any atom is -0.355 e. The van der Waals surface area contributed by atoms with Crippen molar-refractivity contribution in [2.45, 2.75) is 58.5 Å². The van der Waals surface area contributed by atoms with Crippen molar-refractivity contribution in [3.63, 3.8) is 0 Å². The Balaban J connectivity index is 1.19. The van der Waals surface area contributed by atoms with Crippen molar-refractivity contribution >= 4 is 112 Å². The normalized spacial score (nSPS) is 32.6. The summed E-state index contributed by atoms with van der Waals surface area (Å²) in [5, 5.41) is 0.513. The lowest BCUT2D eigenvalue weighted by Crippen LogP contribution is -2.26. The largest absolute Gasteiger partial charge is 0.355 e. The lowest BCUT2D eigenvalue weighted by atomic mass is 9.82. The van der Waals surface area contributed by atoms with Gasteiger partial charge in [-0.05, 0) is 83.3 Å². The standard InChI is InChI=1S/C40H26N4O4S4/c45-37-13-1-5-25(49-37)33-21-10-18-30-14-3-7-27(51-38(14)46)35(30)23(43-18)12-20-32-16-4-8-28(52-40(16)48)36(32)24(44-20)11-19-31-15-2-6-26(50-39(15)47)34(31)22(42-19)9-17(41-21)29(13)33/h1-2,5-6,9-16,25-28,43-44H,3-4,7-8H2. The molecule has 14 aliphatic rings. The van der Waals surface area contributed by atoms with Gasteiger partial charge in [0.25, 0.3) is 0 Å². The Morgan fingerprint density at radius 3 is 1.42 bits per heavy atom. The highest BCUT2D eigenvalue weighted by molar-refractivity contribution is 8.15. The molecule has 8 nitrogen and oxygen atoms in total. The lowest BCUT2D eigenvalue weighted by molar-refractivity contribution is -0.113. The van der Waals surface area contributed by atoms with Crippen LogP contribution in [-0.4, -0.2) is 50.9 Å². The third-order valence-corrected chi connectivity index (χ3v) is 17.4. The maximum atomic E-state index is 13.4. The van der Waals surface area contributed by atoms with Crippen molar-refractivity contribution in [1.29, 1.82) is 0 Å². The van der Waals surface area contributed by atoms with E-state index in [1.165, 1.54) is 58.2 Å². The van der Waals surface area contributed by atoms with E-state index in [-0.39, 0.29) is 53.3 Å². The summed E-state index contributed by atoms with van der Waals surface area (Å²) >= 11 is 5.62. The summed E-state index contributed by atoms with van der Waals surface area (Å²) in [7, 11) is 0. The number of fused-ring (bicyclic) bond motifs is 14. The van der Waals surface area contributed by atoms with E-state index in [2.05, 4.69) is 40.3 Å². The highest BCUT2D eigenvalue weighted by Crippen LogP contribution is 2.59. The molecule has 0 radical (unpaired) electrons. The monoisotopic (exact) mass is 754 g/mol. The van der Waals surface area contributed by atoms with E-state index in [1.54, 1.807) is 0 Å². The van der Waals surface area contributed by atoms with Gasteiger partial charge in [-0.3, -0.25) is 19.2 Å². The van der Waals surface area contributed by atoms with E-state index in [0.717, 1.165) is 104 Å². The van der Waals surface area contributed by atoms with Crippen LogP contribution in [-0.2, 0) is 19.2 Å². The van der Waals surface area contributed by atoms with Crippen molar-refractivity contribution in [3.8, 4) is 0 Å². The van der Waals surface area contributed by atoms with Crippen LogP contribution in [0.15, 0.2) is 48.6 Å². The Hall–Kier alpha value is -3.84. The van der Waals surface area contributed by atoms with Gasteiger partial charge in [-0.25, -0.2) is 9.97 Å². The van der Waals surface area contributed by atoms with Crippen LogP contribution in [0.25, 0.3) is 44.4 Å². The fraction of sp³-hybridized carbons (Fsp3) is 0.300. The molecule has 0 amide bonds. The summed E-state index contributed by atoms with van der Waals surface area (Å²) in [6.07, 6.45) is 11.8. The van der Waals surface area contributed by atoms with E-state index in [9.17, 15) is 19.2 Å². The first-order chi connectivity index (χ1) is 25.4. The Labute approximate surface area is 313 Å². The van der Waals surface area contributed by atoms with Crippen LogP contribution in [0.1, 0.15) is 93.0 Å². The molecular weight excluding hydrogens is 729 g/mol. The lowest BCUT2D eigenvalue weighted by Gasteiger charge is -2.35. The topological polar surface area (TPSA) is 126 Å². The number of rotatable bonds is 0. The first kappa shape index (κ1) is 29.6. The number of aromatic amines is 2. The number of hydrogen-bond acceptors (Lipinski definition) is 10. The van der Waals surface area contributed by atoms with E-state index in [1.807, 2.05) is 18.2 Å². The molecule has 3 aromatic heterocycles. The van der Waals surface area contributed by atoms with Gasteiger partial charge in [-0.15, -0.1) is 0 Å².